The second-order valence-electron chi connectivity index (χ2n) is 5.07. The van der Waals surface area contributed by atoms with Gasteiger partial charge in [0.25, 0.3) is 5.91 Å². The van der Waals surface area contributed by atoms with Gasteiger partial charge in [0, 0.05) is 18.7 Å². The van der Waals surface area contributed by atoms with Crippen LogP contribution in [-0.2, 0) is 6.18 Å². The van der Waals surface area contributed by atoms with Crippen LogP contribution in [0.25, 0.3) is 0 Å². The van der Waals surface area contributed by atoms with E-state index in [-0.39, 0.29) is 5.56 Å². The first-order chi connectivity index (χ1) is 9.16. The van der Waals surface area contributed by atoms with Crippen molar-refractivity contribution in [3.05, 3.63) is 35.1 Å². The highest BCUT2D eigenvalue weighted by atomic mass is 19.4. The second-order valence-corrected chi connectivity index (χ2v) is 5.07. The van der Waals surface area contributed by atoms with Crippen molar-refractivity contribution in [1.82, 2.24) is 4.90 Å². The normalized spacial score (nSPS) is 17.8. The highest BCUT2D eigenvalue weighted by Gasteiger charge is 2.41. The molecule has 1 saturated heterocycles. The van der Waals surface area contributed by atoms with E-state index in [1.807, 2.05) is 6.92 Å². The Morgan fingerprint density at radius 1 is 1.40 bits per heavy atom. The van der Waals surface area contributed by atoms with E-state index in [9.17, 15) is 22.4 Å². The van der Waals surface area contributed by atoms with Gasteiger partial charge < -0.3 is 10.6 Å². The number of hydrogen-bond donors (Lipinski definition) is 1. The van der Waals surface area contributed by atoms with Crippen molar-refractivity contribution in [3.63, 3.8) is 0 Å². The minimum absolute atomic E-state index is 0.183. The Bertz CT molecular complexity index is 536. The van der Waals surface area contributed by atoms with Crippen LogP contribution in [0.5, 0.6) is 0 Å². The Kier molecular flexibility index (Phi) is 3.49. The Morgan fingerprint density at radius 3 is 2.50 bits per heavy atom. The predicted octanol–water partition coefficient (Wildman–Crippen LogP) is 2.41. The van der Waals surface area contributed by atoms with E-state index in [0.717, 1.165) is 6.07 Å². The van der Waals surface area contributed by atoms with Crippen molar-refractivity contribution in [2.24, 2.45) is 5.73 Å². The minimum Gasteiger partial charge on any atom is -0.335 e. The number of carbonyl (C=O) groups excluding carboxylic acids is 1. The van der Waals surface area contributed by atoms with Gasteiger partial charge in [0.2, 0.25) is 0 Å². The molecule has 2 N–H and O–H groups in total. The van der Waals surface area contributed by atoms with Gasteiger partial charge in [-0.25, -0.2) is 4.39 Å². The highest BCUT2D eigenvalue weighted by Crippen LogP contribution is 2.32. The topological polar surface area (TPSA) is 46.3 Å². The summed E-state index contributed by atoms with van der Waals surface area (Å²) in [5.41, 5.74) is 3.81. The van der Waals surface area contributed by atoms with Gasteiger partial charge in [-0.2, -0.15) is 13.2 Å². The Balaban J connectivity index is 2.21. The molecule has 1 heterocycles. The molecule has 1 aromatic carbocycles. The van der Waals surface area contributed by atoms with Gasteiger partial charge >= 0.3 is 6.18 Å². The maximum absolute atomic E-state index is 13.1. The van der Waals surface area contributed by atoms with Gasteiger partial charge in [-0.05, 0) is 24.6 Å². The molecule has 2 rings (SSSR count). The largest absolute Gasteiger partial charge is 0.419 e. The number of carbonyl (C=O) groups is 1. The fraction of sp³-hybridized carbons (Fsp3) is 0.462. The van der Waals surface area contributed by atoms with Crippen molar-refractivity contribution < 1.29 is 22.4 Å². The summed E-state index contributed by atoms with van der Waals surface area (Å²) in [4.78, 5) is 13.4. The van der Waals surface area contributed by atoms with Gasteiger partial charge in [0.05, 0.1) is 11.1 Å². The summed E-state index contributed by atoms with van der Waals surface area (Å²) < 4.78 is 50.9. The fourth-order valence-corrected chi connectivity index (χ4v) is 2.14. The lowest BCUT2D eigenvalue weighted by Gasteiger charge is -2.47. The number of amides is 1. The molecule has 0 bridgehead atoms. The number of rotatable bonds is 2. The third-order valence-corrected chi connectivity index (χ3v) is 3.52. The molecular weight excluding hydrogens is 276 g/mol. The summed E-state index contributed by atoms with van der Waals surface area (Å²) in [5.74, 6) is -1.95. The van der Waals surface area contributed by atoms with E-state index in [1.54, 1.807) is 0 Å². The van der Waals surface area contributed by atoms with Crippen LogP contribution >= 0.6 is 0 Å². The molecule has 1 aromatic rings. The lowest BCUT2D eigenvalue weighted by Crippen LogP contribution is -2.68. The number of benzene rings is 1. The van der Waals surface area contributed by atoms with E-state index in [1.165, 1.54) is 4.90 Å². The van der Waals surface area contributed by atoms with Gasteiger partial charge in [0.1, 0.15) is 5.82 Å². The third kappa shape index (κ3) is 2.63. The molecule has 1 aliphatic rings. The van der Waals surface area contributed by atoms with E-state index in [4.69, 9.17) is 5.73 Å². The van der Waals surface area contributed by atoms with Gasteiger partial charge in [-0.15, -0.1) is 0 Å². The van der Waals surface area contributed by atoms with E-state index >= 15 is 0 Å². The standard InChI is InChI=1S/C13H14F4N2O/c1-2-12(18)6-19(7-12)11(20)8-3-4-10(14)9(5-8)13(15,16)17/h3-5H,2,6-7,18H2,1H3. The van der Waals surface area contributed by atoms with Crippen molar-refractivity contribution in [2.45, 2.75) is 25.1 Å². The van der Waals surface area contributed by atoms with Crippen molar-refractivity contribution in [2.75, 3.05) is 13.1 Å². The van der Waals surface area contributed by atoms with Crippen molar-refractivity contribution in [3.8, 4) is 0 Å². The maximum atomic E-state index is 13.1. The number of likely N-dealkylation sites (tertiary alicyclic amines) is 1. The number of nitrogens with zero attached hydrogens (tertiary/aromatic N) is 1. The lowest BCUT2D eigenvalue weighted by molar-refractivity contribution is -0.140. The number of nitrogens with two attached hydrogens (primary N) is 1. The molecule has 0 unspecified atom stereocenters. The van der Waals surface area contributed by atoms with E-state index in [2.05, 4.69) is 0 Å². The number of hydrogen-bond acceptors (Lipinski definition) is 2. The van der Waals surface area contributed by atoms with Gasteiger partial charge in [-0.1, -0.05) is 6.92 Å². The zero-order chi connectivity index (χ0) is 15.1. The number of alkyl halides is 3. The van der Waals surface area contributed by atoms with Crippen LogP contribution in [0.3, 0.4) is 0 Å². The van der Waals surface area contributed by atoms with Crippen molar-refractivity contribution in [1.29, 1.82) is 0 Å². The van der Waals surface area contributed by atoms with Crippen LogP contribution in [0, 0.1) is 5.82 Å². The van der Waals surface area contributed by atoms with Crippen LogP contribution in [0.2, 0.25) is 0 Å². The molecule has 0 atom stereocenters. The molecule has 110 valence electrons. The third-order valence-electron chi connectivity index (χ3n) is 3.52. The quantitative estimate of drug-likeness (QED) is 0.850. The first-order valence-corrected chi connectivity index (χ1v) is 6.11. The Hall–Kier alpha value is -1.63. The fourth-order valence-electron chi connectivity index (χ4n) is 2.14. The van der Waals surface area contributed by atoms with E-state index < -0.39 is 29.0 Å². The Labute approximate surface area is 113 Å². The Morgan fingerprint density at radius 2 is 2.00 bits per heavy atom. The highest BCUT2D eigenvalue weighted by molar-refractivity contribution is 5.95. The predicted molar refractivity (Wildman–Crippen MR) is 64.5 cm³/mol. The van der Waals surface area contributed by atoms with E-state index in [0.29, 0.717) is 31.6 Å². The molecule has 3 nitrogen and oxygen atoms in total. The van der Waals surface area contributed by atoms with Crippen LogP contribution < -0.4 is 5.73 Å². The van der Waals surface area contributed by atoms with Crippen LogP contribution in [0.4, 0.5) is 17.6 Å². The molecule has 0 spiro atoms. The van der Waals surface area contributed by atoms with Crippen LogP contribution in [-0.4, -0.2) is 29.4 Å². The molecule has 7 heteroatoms. The minimum atomic E-state index is -4.82. The second kappa shape index (κ2) is 4.73. The summed E-state index contributed by atoms with van der Waals surface area (Å²) in [6, 6.07) is 2.25. The summed E-state index contributed by atoms with van der Waals surface area (Å²) in [5, 5.41) is 0. The zero-order valence-electron chi connectivity index (χ0n) is 10.8. The first kappa shape index (κ1) is 14.8. The van der Waals surface area contributed by atoms with Crippen LogP contribution in [0.1, 0.15) is 29.3 Å². The average Bonchev–Trinajstić information content (AvgIpc) is 2.33. The molecule has 0 radical (unpaired) electrons. The first-order valence-electron chi connectivity index (χ1n) is 6.11. The molecular formula is C13H14F4N2O. The molecule has 0 saturated carbocycles. The zero-order valence-corrected chi connectivity index (χ0v) is 10.8. The van der Waals surface area contributed by atoms with Crippen LogP contribution in [0.15, 0.2) is 18.2 Å². The molecule has 1 fully saturated rings. The SMILES string of the molecule is CCC1(N)CN(C(=O)c2ccc(F)c(C(F)(F)F)c2)C1. The smallest absolute Gasteiger partial charge is 0.335 e. The summed E-state index contributed by atoms with van der Waals surface area (Å²) >= 11 is 0. The molecule has 1 aliphatic heterocycles. The molecule has 20 heavy (non-hydrogen) atoms. The van der Waals surface area contributed by atoms with Crippen molar-refractivity contribution >= 4 is 5.91 Å². The molecule has 0 aliphatic carbocycles. The molecule has 0 aromatic heterocycles. The maximum Gasteiger partial charge on any atom is 0.419 e. The summed E-state index contributed by atoms with van der Waals surface area (Å²) in [6.07, 6.45) is -4.15. The number of halogens is 4. The average molecular weight is 290 g/mol. The van der Waals surface area contributed by atoms with Gasteiger partial charge in [-0.3, -0.25) is 4.79 Å². The van der Waals surface area contributed by atoms with Gasteiger partial charge in [0.15, 0.2) is 0 Å². The molecule has 1 amide bonds. The lowest BCUT2D eigenvalue weighted by atomic mass is 9.87. The monoisotopic (exact) mass is 290 g/mol. The summed E-state index contributed by atoms with van der Waals surface area (Å²) in [6.45, 7) is 2.46. The summed E-state index contributed by atoms with van der Waals surface area (Å²) in [7, 11) is 0.